The SMILES string of the molecule is O=C(O)N1CC2CCC(C1)C21CC([C@H]2c3ccccc3-c3cncn32)C1O. The van der Waals surface area contributed by atoms with Gasteiger partial charge in [-0.05, 0) is 36.7 Å². The molecule has 3 fully saturated rings. The quantitative estimate of drug-likeness (QED) is 0.815. The molecule has 2 aliphatic carbocycles. The monoisotopic (exact) mass is 365 g/mol. The van der Waals surface area contributed by atoms with Crippen molar-refractivity contribution < 1.29 is 15.0 Å². The van der Waals surface area contributed by atoms with E-state index in [0.29, 0.717) is 13.1 Å². The summed E-state index contributed by atoms with van der Waals surface area (Å²) in [4.78, 5) is 17.3. The number of amides is 1. The number of hydrogen-bond donors (Lipinski definition) is 2. The van der Waals surface area contributed by atoms with Gasteiger partial charge in [0.2, 0.25) is 0 Å². The lowest BCUT2D eigenvalue weighted by atomic mass is 9.48. The summed E-state index contributed by atoms with van der Waals surface area (Å²) in [7, 11) is 0. The average Bonchev–Trinajstić information content (AvgIpc) is 3.30. The number of rotatable bonds is 1. The molecule has 4 unspecified atom stereocenters. The molecule has 1 saturated heterocycles. The van der Waals surface area contributed by atoms with Crippen molar-refractivity contribution in [3.05, 3.63) is 42.4 Å². The van der Waals surface area contributed by atoms with Crippen molar-refractivity contribution in [2.24, 2.45) is 23.2 Å². The Morgan fingerprint density at radius 2 is 1.93 bits per heavy atom. The number of aliphatic hydroxyl groups is 1. The largest absolute Gasteiger partial charge is 0.465 e. The van der Waals surface area contributed by atoms with Crippen LogP contribution in [0, 0.1) is 23.2 Å². The van der Waals surface area contributed by atoms with Gasteiger partial charge in [-0.15, -0.1) is 0 Å². The first-order valence-corrected chi connectivity index (χ1v) is 9.88. The van der Waals surface area contributed by atoms with Gasteiger partial charge in [0.25, 0.3) is 0 Å². The van der Waals surface area contributed by atoms with E-state index >= 15 is 0 Å². The number of fused-ring (bicyclic) bond motifs is 3. The number of carbonyl (C=O) groups is 1. The van der Waals surface area contributed by atoms with Crippen LogP contribution in [0.15, 0.2) is 36.8 Å². The number of nitrogens with zero attached hydrogens (tertiary/aromatic N) is 3. The van der Waals surface area contributed by atoms with Gasteiger partial charge >= 0.3 is 6.09 Å². The minimum atomic E-state index is -0.820. The molecule has 1 aromatic heterocycles. The van der Waals surface area contributed by atoms with E-state index in [1.165, 1.54) is 11.1 Å². The van der Waals surface area contributed by atoms with Crippen LogP contribution >= 0.6 is 0 Å². The number of carboxylic acid groups (broad SMARTS) is 1. The normalized spacial score (nSPS) is 38.6. The Morgan fingerprint density at radius 1 is 1.19 bits per heavy atom. The van der Waals surface area contributed by atoms with Crippen LogP contribution in [-0.4, -0.2) is 50.0 Å². The fourth-order valence-electron chi connectivity index (χ4n) is 6.85. The number of imidazole rings is 1. The van der Waals surface area contributed by atoms with Crippen molar-refractivity contribution >= 4 is 6.09 Å². The van der Waals surface area contributed by atoms with E-state index in [1.54, 1.807) is 4.90 Å². The van der Waals surface area contributed by atoms with Gasteiger partial charge in [0.05, 0.1) is 30.4 Å². The zero-order valence-corrected chi connectivity index (χ0v) is 15.0. The maximum Gasteiger partial charge on any atom is 0.407 e. The summed E-state index contributed by atoms with van der Waals surface area (Å²) >= 11 is 0. The highest BCUT2D eigenvalue weighted by atomic mass is 16.4. The standard InChI is InChI=1S/C21H23N3O3/c25-19-16(7-21(19)12-5-6-13(21)10-23(9-12)20(26)27)18-15-4-2-1-3-14(15)17-8-22-11-24(17)18/h1-4,8,11-13,16,18-19,25H,5-7,9-10H2,(H,26,27)/t12?,13?,16?,18-,19?,21?/m1/s1. The molecule has 6 rings (SSSR count). The third-order valence-electron chi connectivity index (χ3n) is 8.01. The Bertz CT molecular complexity index is 924. The molecule has 0 radical (unpaired) electrons. The van der Waals surface area contributed by atoms with Gasteiger partial charge in [-0.3, -0.25) is 0 Å². The Balaban J connectivity index is 1.34. The summed E-state index contributed by atoms with van der Waals surface area (Å²) in [6.07, 6.45) is 5.66. The number of benzene rings is 1. The molecule has 2 aromatic rings. The van der Waals surface area contributed by atoms with E-state index in [0.717, 1.165) is 25.0 Å². The average molecular weight is 365 g/mol. The zero-order valence-electron chi connectivity index (χ0n) is 15.0. The molecule has 4 aliphatic rings. The van der Waals surface area contributed by atoms with Gasteiger partial charge in [0.15, 0.2) is 0 Å². The lowest BCUT2D eigenvalue weighted by molar-refractivity contribution is -0.193. The van der Waals surface area contributed by atoms with E-state index < -0.39 is 6.09 Å². The highest BCUT2D eigenvalue weighted by Gasteiger charge is 2.67. The van der Waals surface area contributed by atoms with Crippen molar-refractivity contribution in [2.75, 3.05) is 13.1 Å². The molecule has 1 aromatic carbocycles. The van der Waals surface area contributed by atoms with Crippen molar-refractivity contribution in [1.29, 1.82) is 0 Å². The van der Waals surface area contributed by atoms with Gasteiger partial charge in [-0.1, -0.05) is 24.3 Å². The fourth-order valence-corrected chi connectivity index (χ4v) is 6.85. The molecule has 140 valence electrons. The van der Waals surface area contributed by atoms with E-state index in [4.69, 9.17) is 0 Å². The zero-order chi connectivity index (χ0) is 18.3. The third kappa shape index (κ3) is 1.79. The molecule has 2 N–H and O–H groups in total. The second-order valence-electron chi connectivity index (χ2n) is 8.80. The summed E-state index contributed by atoms with van der Waals surface area (Å²) < 4.78 is 2.22. The van der Waals surface area contributed by atoms with Gasteiger partial charge in [0.1, 0.15) is 0 Å². The van der Waals surface area contributed by atoms with E-state index in [-0.39, 0.29) is 35.3 Å². The maximum absolute atomic E-state index is 11.4. The molecule has 2 saturated carbocycles. The highest BCUT2D eigenvalue weighted by Crippen LogP contribution is 2.67. The second kappa shape index (κ2) is 5.13. The number of aromatic nitrogens is 2. The number of likely N-dealkylation sites (tertiary alicyclic amines) is 1. The number of piperidine rings is 1. The molecule has 2 bridgehead atoms. The minimum Gasteiger partial charge on any atom is -0.465 e. The predicted octanol–water partition coefficient (Wildman–Crippen LogP) is 2.84. The molecular weight excluding hydrogens is 342 g/mol. The molecule has 27 heavy (non-hydrogen) atoms. The van der Waals surface area contributed by atoms with Crippen molar-refractivity contribution in [3.8, 4) is 11.3 Å². The molecule has 6 nitrogen and oxygen atoms in total. The molecule has 5 atom stereocenters. The van der Waals surface area contributed by atoms with Crippen LogP contribution in [0.5, 0.6) is 0 Å². The predicted molar refractivity (Wildman–Crippen MR) is 98.2 cm³/mol. The van der Waals surface area contributed by atoms with Crippen LogP contribution < -0.4 is 0 Å². The van der Waals surface area contributed by atoms with Gasteiger partial charge in [-0.25, -0.2) is 9.78 Å². The number of aliphatic hydroxyl groups excluding tert-OH is 1. The first kappa shape index (κ1) is 15.7. The Labute approximate surface area is 157 Å². The van der Waals surface area contributed by atoms with Crippen molar-refractivity contribution in [2.45, 2.75) is 31.4 Å². The summed E-state index contributed by atoms with van der Waals surface area (Å²) in [6, 6.07) is 8.57. The Morgan fingerprint density at radius 3 is 2.63 bits per heavy atom. The third-order valence-corrected chi connectivity index (χ3v) is 8.01. The van der Waals surface area contributed by atoms with E-state index in [1.807, 2.05) is 12.5 Å². The smallest absolute Gasteiger partial charge is 0.407 e. The summed E-state index contributed by atoms with van der Waals surface area (Å²) in [6.45, 7) is 1.15. The molecule has 2 aliphatic heterocycles. The number of hydrogen-bond acceptors (Lipinski definition) is 3. The van der Waals surface area contributed by atoms with Crippen LogP contribution in [-0.2, 0) is 0 Å². The first-order valence-electron chi connectivity index (χ1n) is 9.88. The minimum absolute atomic E-state index is 0.0884. The lowest BCUT2D eigenvalue weighted by Crippen LogP contribution is -2.65. The van der Waals surface area contributed by atoms with Crippen molar-refractivity contribution in [1.82, 2.24) is 14.5 Å². The van der Waals surface area contributed by atoms with Crippen LogP contribution in [0.2, 0.25) is 0 Å². The lowest BCUT2D eigenvalue weighted by Gasteiger charge is -2.61. The van der Waals surface area contributed by atoms with Crippen molar-refractivity contribution in [3.63, 3.8) is 0 Å². The summed E-state index contributed by atoms with van der Waals surface area (Å²) in [5.74, 6) is 0.746. The summed E-state index contributed by atoms with van der Waals surface area (Å²) in [5.41, 5.74) is 3.54. The van der Waals surface area contributed by atoms with Crippen LogP contribution in [0.25, 0.3) is 11.3 Å². The molecule has 3 heterocycles. The Kier molecular flexibility index (Phi) is 2.98. The molecule has 1 spiro atoms. The molecule has 1 amide bonds. The maximum atomic E-state index is 11.4. The second-order valence-corrected chi connectivity index (χ2v) is 8.80. The van der Waals surface area contributed by atoms with Crippen LogP contribution in [0.3, 0.4) is 0 Å². The topological polar surface area (TPSA) is 78.6 Å². The highest BCUT2D eigenvalue weighted by molar-refractivity contribution is 5.69. The summed E-state index contributed by atoms with van der Waals surface area (Å²) in [5, 5.41) is 20.8. The molecule has 6 heteroatoms. The van der Waals surface area contributed by atoms with Gasteiger partial charge in [0, 0.05) is 30.0 Å². The van der Waals surface area contributed by atoms with E-state index in [2.05, 4.69) is 33.8 Å². The molecular formula is C21H23N3O3. The fraction of sp³-hybridized carbons (Fsp3) is 0.524. The Hall–Kier alpha value is -2.34. The van der Waals surface area contributed by atoms with Gasteiger partial charge in [-0.2, -0.15) is 0 Å². The van der Waals surface area contributed by atoms with Crippen LogP contribution in [0.4, 0.5) is 4.79 Å². The van der Waals surface area contributed by atoms with Crippen LogP contribution in [0.1, 0.15) is 30.9 Å². The first-order chi connectivity index (χ1) is 13.1. The van der Waals surface area contributed by atoms with E-state index in [9.17, 15) is 15.0 Å². The van der Waals surface area contributed by atoms with Gasteiger partial charge < -0.3 is 19.7 Å².